The molecule has 0 spiro atoms. The zero-order valence-corrected chi connectivity index (χ0v) is 11.0. The summed E-state index contributed by atoms with van der Waals surface area (Å²) in [5.41, 5.74) is 5.47. The van der Waals surface area contributed by atoms with Crippen molar-refractivity contribution in [1.82, 2.24) is 4.98 Å². The molecule has 2 unspecified atom stereocenters. The second-order valence-corrected chi connectivity index (χ2v) is 5.14. The number of aromatic nitrogens is 1. The third-order valence-electron chi connectivity index (χ3n) is 3.57. The van der Waals surface area contributed by atoms with E-state index in [1.54, 1.807) is 0 Å². The first-order valence-corrected chi connectivity index (χ1v) is 6.16. The fourth-order valence-corrected chi connectivity index (χ4v) is 2.72. The predicted molar refractivity (Wildman–Crippen MR) is 69.9 cm³/mol. The van der Waals surface area contributed by atoms with Crippen molar-refractivity contribution in [3.8, 4) is 0 Å². The van der Waals surface area contributed by atoms with Gasteiger partial charge < -0.3 is 4.98 Å². The summed E-state index contributed by atoms with van der Waals surface area (Å²) >= 11 is 0. The Morgan fingerprint density at radius 1 is 1.35 bits per heavy atom. The van der Waals surface area contributed by atoms with E-state index in [0.29, 0.717) is 6.42 Å². The SMILES string of the molecule is CC1=CC(C)=C(C(C)c2c[nH]c(C)c2)C(F)C1. The minimum absolute atomic E-state index is 0.152. The van der Waals surface area contributed by atoms with E-state index < -0.39 is 6.17 Å². The molecule has 1 aliphatic rings. The number of hydrogen-bond donors (Lipinski definition) is 1. The lowest BCUT2D eigenvalue weighted by molar-refractivity contribution is 0.360. The van der Waals surface area contributed by atoms with Gasteiger partial charge in [0, 0.05) is 24.2 Å². The molecule has 0 bridgehead atoms. The van der Waals surface area contributed by atoms with Crippen LogP contribution in [-0.4, -0.2) is 11.2 Å². The van der Waals surface area contributed by atoms with Crippen molar-refractivity contribution in [3.63, 3.8) is 0 Å². The number of aryl methyl sites for hydroxylation is 1. The van der Waals surface area contributed by atoms with Gasteiger partial charge in [-0.05, 0) is 43.5 Å². The van der Waals surface area contributed by atoms with Crippen LogP contribution in [0.5, 0.6) is 0 Å². The molecule has 92 valence electrons. The Morgan fingerprint density at radius 2 is 2.06 bits per heavy atom. The zero-order chi connectivity index (χ0) is 12.6. The maximum absolute atomic E-state index is 14.2. The molecule has 2 rings (SSSR count). The zero-order valence-electron chi connectivity index (χ0n) is 11.0. The van der Waals surface area contributed by atoms with Gasteiger partial charge in [-0.1, -0.05) is 18.6 Å². The van der Waals surface area contributed by atoms with Crippen molar-refractivity contribution in [1.29, 1.82) is 0 Å². The summed E-state index contributed by atoms with van der Waals surface area (Å²) in [6.07, 6.45) is 3.81. The van der Waals surface area contributed by atoms with Crippen LogP contribution in [0.15, 0.2) is 35.1 Å². The summed E-state index contributed by atoms with van der Waals surface area (Å²) in [6, 6.07) is 2.10. The Hall–Kier alpha value is -1.31. The lowest BCUT2D eigenvalue weighted by Gasteiger charge is -2.25. The first-order chi connectivity index (χ1) is 7.99. The van der Waals surface area contributed by atoms with Gasteiger partial charge >= 0.3 is 0 Å². The smallest absolute Gasteiger partial charge is 0.126 e. The highest BCUT2D eigenvalue weighted by molar-refractivity contribution is 5.41. The molecule has 0 fully saturated rings. The summed E-state index contributed by atoms with van der Waals surface area (Å²) in [6.45, 7) is 8.12. The highest BCUT2D eigenvalue weighted by Gasteiger charge is 2.25. The van der Waals surface area contributed by atoms with Gasteiger partial charge in [-0.25, -0.2) is 4.39 Å². The van der Waals surface area contributed by atoms with Gasteiger partial charge in [0.25, 0.3) is 0 Å². The molecule has 0 saturated heterocycles. The van der Waals surface area contributed by atoms with Crippen LogP contribution < -0.4 is 0 Å². The Labute approximate surface area is 102 Å². The number of hydrogen-bond acceptors (Lipinski definition) is 0. The molecular formula is C15H20FN. The Balaban J connectivity index is 2.36. The van der Waals surface area contributed by atoms with Crippen LogP contribution >= 0.6 is 0 Å². The van der Waals surface area contributed by atoms with Gasteiger partial charge in [0.2, 0.25) is 0 Å². The fraction of sp³-hybridized carbons (Fsp3) is 0.467. The van der Waals surface area contributed by atoms with Crippen LogP contribution in [0.4, 0.5) is 4.39 Å². The molecule has 1 aliphatic carbocycles. The van der Waals surface area contributed by atoms with Crippen LogP contribution in [-0.2, 0) is 0 Å². The molecular weight excluding hydrogens is 213 g/mol. The van der Waals surface area contributed by atoms with Gasteiger partial charge in [0.05, 0.1) is 0 Å². The summed E-state index contributed by atoms with van der Waals surface area (Å²) in [5, 5.41) is 0. The van der Waals surface area contributed by atoms with E-state index in [2.05, 4.69) is 24.1 Å². The second kappa shape index (κ2) is 4.52. The summed E-state index contributed by atoms with van der Waals surface area (Å²) in [7, 11) is 0. The van der Waals surface area contributed by atoms with E-state index in [0.717, 1.165) is 22.4 Å². The minimum Gasteiger partial charge on any atom is -0.365 e. The molecule has 1 heterocycles. The standard InChI is InChI=1S/C15H20FN/c1-9-5-10(2)15(14(16)6-9)12(4)13-7-11(3)17-8-13/h5,7-8,12,14,17H,6H2,1-4H3. The molecule has 2 atom stereocenters. The number of aromatic amines is 1. The van der Waals surface area contributed by atoms with E-state index >= 15 is 0 Å². The van der Waals surface area contributed by atoms with Crippen molar-refractivity contribution in [3.05, 3.63) is 46.3 Å². The summed E-state index contributed by atoms with van der Waals surface area (Å²) in [5.74, 6) is 0.152. The largest absolute Gasteiger partial charge is 0.365 e. The van der Waals surface area contributed by atoms with Gasteiger partial charge in [0.15, 0.2) is 0 Å². The van der Waals surface area contributed by atoms with Crippen LogP contribution in [0.25, 0.3) is 0 Å². The minimum atomic E-state index is -0.829. The molecule has 1 N–H and O–H groups in total. The Bertz CT molecular complexity index is 479. The van der Waals surface area contributed by atoms with Crippen LogP contribution in [0.1, 0.15) is 44.4 Å². The van der Waals surface area contributed by atoms with Crippen molar-refractivity contribution in [2.75, 3.05) is 0 Å². The topological polar surface area (TPSA) is 15.8 Å². The number of rotatable bonds is 2. The third-order valence-corrected chi connectivity index (χ3v) is 3.57. The number of allylic oxidation sites excluding steroid dienone is 4. The van der Waals surface area contributed by atoms with Crippen LogP contribution in [0.3, 0.4) is 0 Å². The van der Waals surface area contributed by atoms with Gasteiger partial charge in [0.1, 0.15) is 6.17 Å². The maximum atomic E-state index is 14.2. The number of halogens is 1. The molecule has 17 heavy (non-hydrogen) atoms. The lowest BCUT2D eigenvalue weighted by Crippen LogP contribution is -2.16. The van der Waals surface area contributed by atoms with Crippen molar-refractivity contribution in [2.45, 2.75) is 46.2 Å². The molecule has 2 heteroatoms. The molecule has 0 aliphatic heterocycles. The average Bonchev–Trinajstić information content (AvgIpc) is 2.63. The molecule has 0 radical (unpaired) electrons. The van der Waals surface area contributed by atoms with Crippen molar-refractivity contribution in [2.24, 2.45) is 0 Å². The van der Waals surface area contributed by atoms with E-state index in [-0.39, 0.29) is 5.92 Å². The van der Waals surface area contributed by atoms with Crippen molar-refractivity contribution < 1.29 is 4.39 Å². The van der Waals surface area contributed by atoms with Gasteiger partial charge in [-0.15, -0.1) is 0 Å². The maximum Gasteiger partial charge on any atom is 0.126 e. The second-order valence-electron chi connectivity index (χ2n) is 5.14. The highest BCUT2D eigenvalue weighted by Crippen LogP contribution is 2.36. The normalized spacial score (nSPS) is 22.6. The van der Waals surface area contributed by atoms with Gasteiger partial charge in [-0.3, -0.25) is 0 Å². The molecule has 1 aromatic rings. The summed E-state index contributed by atoms with van der Waals surface area (Å²) < 4.78 is 14.2. The quantitative estimate of drug-likeness (QED) is 0.777. The first kappa shape index (κ1) is 12.2. The number of nitrogens with one attached hydrogen (secondary N) is 1. The van der Waals surface area contributed by atoms with E-state index in [1.807, 2.05) is 27.0 Å². The van der Waals surface area contributed by atoms with Gasteiger partial charge in [-0.2, -0.15) is 0 Å². The Kier molecular flexibility index (Phi) is 3.23. The first-order valence-electron chi connectivity index (χ1n) is 6.16. The number of alkyl halides is 1. The van der Waals surface area contributed by atoms with Crippen LogP contribution in [0.2, 0.25) is 0 Å². The summed E-state index contributed by atoms with van der Waals surface area (Å²) in [4.78, 5) is 3.17. The Morgan fingerprint density at radius 3 is 2.59 bits per heavy atom. The van der Waals surface area contributed by atoms with E-state index in [9.17, 15) is 4.39 Å². The highest BCUT2D eigenvalue weighted by atomic mass is 19.1. The molecule has 1 nitrogen and oxygen atoms in total. The average molecular weight is 233 g/mol. The predicted octanol–water partition coefficient (Wildman–Crippen LogP) is 4.43. The van der Waals surface area contributed by atoms with E-state index in [1.165, 1.54) is 5.56 Å². The third kappa shape index (κ3) is 2.36. The molecule has 0 saturated carbocycles. The lowest BCUT2D eigenvalue weighted by atomic mass is 9.82. The molecule has 1 aromatic heterocycles. The molecule has 0 aromatic carbocycles. The molecule has 0 amide bonds. The van der Waals surface area contributed by atoms with Crippen molar-refractivity contribution >= 4 is 0 Å². The van der Waals surface area contributed by atoms with E-state index in [4.69, 9.17) is 0 Å². The monoisotopic (exact) mass is 233 g/mol. The fourth-order valence-electron chi connectivity index (χ4n) is 2.72. The van der Waals surface area contributed by atoms with Crippen LogP contribution in [0, 0.1) is 6.92 Å². The number of H-pyrrole nitrogens is 1.